The maximum atomic E-state index is 13.0. The highest BCUT2D eigenvalue weighted by Gasteiger charge is 2.28. The Morgan fingerprint density at radius 3 is 2.54 bits per heavy atom. The number of benzene rings is 2. The quantitative estimate of drug-likeness (QED) is 0.746. The Bertz CT molecular complexity index is 821. The molecule has 28 heavy (non-hydrogen) atoms. The number of ether oxygens (including phenoxy) is 2. The minimum atomic E-state index is -0.289. The van der Waals surface area contributed by atoms with Gasteiger partial charge in [0.15, 0.2) is 11.5 Å². The maximum Gasteiger partial charge on any atom is 0.243 e. The third-order valence-corrected chi connectivity index (χ3v) is 5.09. The van der Waals surface area contributed by atoms with E-state index in [9.17, 15) is 4.79 Å². The van der Waals surface area contributed by atoms with E-state index in [1.54, 1.807) is 0 Å². The molecule has 0 fully saturated rings. The van der Waals surface area contributed by atoms with Crippen molar-refractivity contribution in [2.45, 2.75) is 46.2 Å². The SMILES string of the molecule is CCOc1ccc([C@@H](C)N[C@@H](C)C(=O)N2CCc3ccccc32)cc1OCC. The number of hydrogen-bond acceptors (Lipinski definition) is 4. The normalized spacial score (nSPS) is 15.1. The van der Waals surface area contributed by atoms with Gasteiger partial charge in [-0.2, -0.15) is 0 Å². The van der Waals surface area contributed by atoms with Gasteiger partial charge in [0.2, 0.25) is 5.91 Å². The molecule has 0 aliphatic carbocycles. The van der Waals surface area contributed by atoms with E-state index >= 15 is 0 Å². The Balaban J connectivity index is 1.69. The van der Waals surface area contributed by atoms with Gasteiger partial charge in [0.25, 0.3) is 0 Å². The summed E-state index contributed by atoms with van der Waals surface area (Å²) in [6, 6.07) is 13.8. The van der Waals surface area contributed by atoms with Gasteiger partial charge in [-0.1, -0.05) is 24.3 Å². The van der Waals surface area contributed by atoms with Crippen molar-refractivity contribution in [2.24, 2.45) is 0 Å². The zero-order valence-electron chi connectivity index (χ0n) is 17.2. The van der Waals surface area contributed by atoms with Crippen LogP contribution >= 0.6 is 0 Å². The highest BCUT2D eigenvalue weighted by molar-refractivity contribution is 5.98. The summed E-state index contributed by atoms with van der Waals surface area (Å²) < 4.78 is 11.4. The maximum absolute atomic E-state index is 13.0. The molecule has 0 aromatic heterocycles. The number of para-hydroxylation sites is 1. The Labute approximate surface area is 167 Å². The molecule has 0 saturated carbocycles. The molecule has 1 aliphatic rings. The lowest BCUT2D eigenvalue weighted by Crippen LogP contribution is -2.45. The lowest BCUT2D eigenvalue weighted by Gasteiger charge is -2.25. The van der Waals surface area contributed by atoms with Crippen molar-refractivity contribution in [2.75, 3.05) is 24.7 Å². The third kappa shape index (κ3) is 4.30. The fourth-order valence-electron chi connectivity index (χ4n) is 3.68. The van der Waals surface area contributed by atoms with Gasteiger partial charge < -0.3 is 14.4 Å². The minimum Gasteiger partial charge on any atom is -0.490 e. The van der Waals surface area contributed by atoms with Crippen LogP contribution < -0.4 is 19.7 Å². The van der Waals surface area contributed by atoms with E-state index in [-0.39, 0.29) is 18.0 Å². The van der Waals surface area contributed by atoms with Gasteiger partial charge in [0, 0.05) is 18.3 Å². The first-order chi connectivity index (χ1) is 13.5. The molecule has 2 aromatic carbocycles. The third-order valence-electron chi connectivity index (χ3n) is 5.09. The van der Waals surface area contributed by atoms with Crippen molar-refractivity contribution in [1.29, 1.82) is 0 Å². The Morgan fingerprint density at radius 2 is 1.79 bits per heavy atom. The summed E-state index contributed by atoms with van der Waals surface area (Å²) in [7, 11) is 0. The van der Waals surface area contributed by atoms with Gasteiger partial charge in [0.05, 0.1) is 19.3 Å². The van der Waals surface area contributed by atoms with Gasteiger partial charge >= 0.3 is 0 Å². The first-order valence-corrected chi connectivity index (χ1v) is 10.1. The molecule has 0 saturated heterocycles. The number of rotatable bonds is 8. The van der Waals surface area contributed by atoms with Crippen LogP contribution in [0.2, 0.25) is 0 Å². The molecule has 1 N–H and O–H groups in total. The fourth-order valence-corrected chi connectivity index (χ4v) is 3.68. The average molecular weight is 383 g/mol. The lowest BCUT2D eigenvalue weighted by atomic mass is 10.1. The highest BCUT2D eigenvalue weighted by Crippen LogP contribution is 2.31. The van der Waals surface area contributed by atoms with Crippen molar-refractivity contribution >= 4 is 11.6 Å². The lowest BCUT2D eigenvalue weighted by molar-refractivity contribution is -0.120. The topological polar surface area (TPSA) is 50.8 Å². The van der Waals surface area contributed by atoms with Crippen LogP contribution in [0.4, 0.5) is 5.69 Å². The molecule has 2 atom stereocenters. The number of nitrogens with zero attached hydrogens (tertiary/aromatic N) is 1. The Hall–Kier alpha value is -2.53. The summed E-state index contributed by atoms with van der Waals surface area (Å²) >= 11 is 0. The van der Waals surface area contributed by atoms with Crippen molar-refractivity contribution < 1.29 is 14.3 Å². The van der Waals surface area contributed by atoms with Gasteiger partial charge in [0.1, 0.15) is 0 Å². The van der Waals surface area contributed by atoms with Crippen LogP contribution in [-0.2, 0) is 11.2 Å². The fraction of sp³-hybridized carbons (Fsp3) is 0.435. The molecule has 5 nitrogen and oxygen atoms in total. The van der Waals surface area contributed by atoms with Crippen LogP contribution in [0.15, 0.2) is 42.5 Å². The number of nitrogens with one attached hydrogen (secondary N) is 1. The van der Waals surface area contributed by atoms with Gasteiger partial charge in [-0.3, -0.25) is 10.1 Å². The van der Waals surface area contributed by atoms with Crippen molar-refractivity contribution in [3.63, 3.8) is 0 Å². The molecule has 1 heterocycles. The van der Waals surface area contributed by atoms with Gasteiger partial charge in [-0.15, -0.1) is 0 Å². The molecular weight excluding hydrogens is 352 g/mol. The molecule has 0 radical (unpaired) electrons. The smallest absolute Gasteiger partial charge is 0.243 e. The highest BCUT2D eigenvalue weighted by atomic mass is 16.5. The van der Waals surface area contributed by atoms with E-state index in [4.69, 9.17) is 9.47 Å². The van der Waals surface area contributed by atoms with Crippen LogP contribution in [0.5, 0.6) is 11.5 Å². The monoisotopic (exact) mass is 382 g/mol. The summed E-state index contributed by atoms with van der Waals surface area (Å²) in [5.41, 5.74) is 3.34. The van der Waals surface area contributed by atoms with Crippen LogP contribution in [-0.4, -0.2) is 31.7 Å². The van der Waals surface area contributed by atoms with Gasteiger partial charge in [-0.05, 0) is 63.4 Å². The summed E-state index contributed by atoms with van der Waals surface area (Å²) in [6.45, 7) is 9.82. The predicted molar refractivity (Wildman–Crippen MR) is 112 cm³/mol. The standard InChI is InChI=1S/C23H30N2O3/c1-5-27-21-12-11-19(15-22(21)28-6-2)16(3)24-17(4)23(26)25-14-13-18-9-7-8-10-20(18)25/h7-12,15-17,24H,5-6,13-14H2,1-4H3/t16-,17+/m1/s1. The molecule has 0 spiro atoms. The van der Waals surface area contributed by atoms with Crippen molar-refractivity contribution in [1.82, 2.24) is 5.32 Å². The molecule has 5 heteroatoms. The number of carbonyl (C=O) groups excluding carboxylic acids is 1. The molecule has 1 amide bonds. The van der Waals surface area contributed by atoms with E-state index in [1.807, 2.05) is 62.1 Å². The minimum absolute atomic E-state index is 0.00618. The second-order valence-corrected chi connectivity index (χ2v) is 7.05. The number of hydrogen-bond donors (Lipinski definition) is 1. The zero-order valence-corrected chi connectivity index (χ0v) is 17.2. The Morgan fingerprint density at radius 1 is 1.07 bits per heavy atom. The van der Waals surface area contributed by atoms with Crippen LogP contribution in [0, 0.1) is 0 Å². The summed E-state index contributed by atoms with van der Waals surface area (Å²) in [4.78, 5) is 14.9. The van der Waals surface area contributed by atoms with E-state index < -0.39 is 0 Å². The van der Waals surface area contributed by atoms with Crippen LogP contribution in [0.3, 0.4) is 0 Å². The molecule has 3 rings (SSSR count). The molecule has 150 valence electrons. The van der Waals surface area contributed by atoms with E-state index in [0.29, 0.717) is 13.2 Å². The average Bonchev–Trinajstić information content (AvgIpc) is 3.13. The number of carbonyl (C=O) groups is 1. The zero-order chi connectivity index (χ0) is 20.1. The molecule has 2 aromatic rings. The van der Waals surface area contributed by atoms with E-state index in [0.717, 1.165) is 35.7 Å². The van der Waals surface area contributed by atoms with E-state index in [1.165, 1.54) is 5.56 Å². The molecule has 0 unspecified atom stereocenters. The van der Waals surface area contributed by atoms with Crippen LogP contribution in [0.1, 0.15) is 44.9 Å². The Kier molecular flexibility index (Phi) is 6.57. The van der Waals surface area contributed by atoms with Crippen molar-refractivity contribution in [3.05, 3.63) is 53.6 Å². The first kappa shape index (κ1) is 20.2. The van der Waals surface area contributed by atoms with Crippen molar-refractivity contribution in [3.8, 4) is 11.5 Å². The second kappa shape index (κ2) is 9.11. The van der Waals surface area contributed by atoms with Gasteiger partial charge in [-0.25, -0.2) is 0 Å². The summed E-state index contributed by atoms with van der Waals surface area (Å²) in [5.74, 6) is 1.59. The summed E-state index contributed by atoms with van der Waals surface area (Å²) in [5, 5.41) is 3.44. The molecular formula is C23H30N2O3. The molecule has 0 bridgehead atoms. The summed E-state index contributed by atoms with van der Waals surface area (Å²) in [6.07, 6.45) is 0.917. The number of amides is 1. The number of fused-ring (bicyclic) bond motifs is 1. The van der Waals surface area contributed by atoms with Crippen LogP contribution in [0.25, 0.3) is 0 Å². The van der Waals surface area contributed by atoms with E-state index in [2.05, 4.69) is 18.3 Å². The predicted octanol–water partition coefficient (Wildman–Crippen LogP) is 4.11. The first-order valence-electron chi connectivity index (χ1n) is 10.1. The largest absolute Gasteiger partial charge is 0.490 e. The second-order valence-electron chi connectivity index (χ2n) is 7.05. The number of anilines is 1. The molecule has 1 aliphatic heterocycles.